The second-order valence-electron chi connectivity index (χ2n) is 6.29. The second-order valence-corrected chi connectivity index (χ2v) is 7.80. The summed E-state index contributed by atoms with van der Waals surface area (Å²) >= 11 is 6.96. The van der Waals surface area contributed by atoms with Gasteiger partial charge in [-0.3, -0.25) is 0 Å². The van der Waals surface area contributed by atoms with Crippen LogP contribution in [0.5, 0.6) is 0 Å². The number of benzene rings is 1. The van der Waals surface area contributed by atoms with Crippen molar-refractivity contribution in [2.24, 2.45) is 0 Å². The van der Waals surface area contributed by atoms with Crippen LogP contribution in [-0.2, 0) is 22.3 Å². The van der Waals surface area contributed by atoms with Gasteiger partial charge in [0.1, 0.15) is 5.00 Å². The standard InChI is InChI=1S/C20H22N2O4S2/c1-3-26-18(23)12-7-6-8-13(11-12)21-20(27)22-17-16(19(24)25-2)14-9-4-5-10-15(14)28-17/h6-8,11H,3-5,9-10H2,1-2H3,(H2,21,22,27). The molecule has 8 heteroatoms. The third kappa shape index (κ3) is 4.51. The normalized spacial score (nSPS) is 12.6. The Morgan fingerprint density at radius 2 is 1.96 bits per heavy atom. The summed E-state index contributed by atoms with van der Waals surface area (Å²) in [6, 6.07) is 6.91. The second kappa shape index (κ2) is 9.16. The number of hydrogen-bond acceptors (Lipinski definition) is 6. The lowest BCUT2D eigenvalue weighted by atomic mass is 9.95. The monoisotopic (exact) mass is 418 g/mol. The molecular formula is C20H22N2O4S2. The number of hydrogen-bond donors (Lipinski definition) is 2. The molecule has 0 radical (unpaired) electrons. The summed E-state index contributed by atoms with van der Waals surface area (Å²) in [5.74, 6) is -0.738. The van der Waals surface area contributed by atoms with E-state index in [0.29, 0.717) is 33.5 Å². The van der Waals surface area contributed by atoms with Crippen LogP contribution in [-0.4, -0.2) is 30.8 Å². The number of thiocarbonyl (C=S) groups is 1. The van der Waals surface area contributed by atoms with Crippen molar-refractivity contribution < 1.29 is 19.1 Å². The smallest absolute Gasteiger partial charge is 0.341 e. The average Bonchev–Trinajstić information content (AvgIpc) is 3.05. The maximum atomic E-state index is 12.3. The van der Waals surface area contributed by atoms with E-state index in [9.17, 15) is 9.59 Å². The van der Waals surface area contributed by atoms with Crippen LogP contribution in [0.2, 0.25) is 0 Å². The fourth-order valence-corrected chi connectivity index (χ4v) is 4.74. The maximum Gasteiger partial charge on any atom is 0.341 e. The summed E-state index contributed by atoms with van der Waals surface area (Å²) in [6.07, 6.45) is 4.03. The van der Waals surface area contributed by atoms with Crippen LogP contribution in [0, 0.1) is 0 Å². The van der Waals surface area contributed by atoms with Gasteiger partial charge >= 0.3 is 11.9 Å². The predicted molar refractivity (Wildman–Crippen MR) is 115 cm³/mol. The number of thiophene rings is 1. The van der Waals surface area contributed by atoms with Gasteiger partial charge in [0, 0.05) is 10.6 Å². The van der Waals surface area contributed by atoms with Crippen molar-refractivity contribution in [2.75, 3.05) is 24.4 Å². The van der Waals surface area contributed by atoms with Gasteiger partial charge < -0.3 is 20.1 Å². The van der Waals surface area contributed by atoms with E-state index < -0.39 is 0 Å². The first-order valence-corrected chi connectivity index (χ1v) is 10.3. The number of esters is 2. The molecule has 1 aromatic carbocycles. The molecule has 0 fully saturated rings. The minimum absolute atomic E-state index is 0.315. The average molecular weight is 419 g/mol. The number of aryl methyl sites for hydroxylation is 1. The van der Waals surface area contributed by atoms with E-state index in [1.54, 1.807) is 42.5 Å². The van der Waals surface area contributed by atoms with Crippen molar-refractivity contribution in [2.45, 2.75) is 32.6 Å². The van der Waals surface area contributed by atoms with Crippen LogP contribution in [0.1, 0.15) is 50.9 Å². The molecule has 148 valence electrons. The Bertz CT molecular complexity index is 908. The van der Waals surface area contributed by atoms with Crippen LogP contribution in [0.15, 0.2) is 24.3 Å². The van der Waals surface area contributed by atoms with Crippen molar-refractivity contribution >= 4 is 51.3 Å². The first-order chi connectivity index (χ1) is 13.5. The topological polar surface area (TPSA) is 76.7 Å². The van der Waals surface area contributed by atoms with Gasteiger partial charge in [0.2, 0.25) is 0 Å². The highest BCUT2D eigenvalue weighted by Crippen LogP contribution is 2.38. The molecule has 2 N–H and O–H groups in total. The summed E-state index contributed by atoms with van der Waals surface area (Å²) < 4.78 is 10.00. The Morgan fingerprint density at radius 1 is 1.18 bits per heavy atom. The Labute approximate surface area is 173 Å². The third-order valence-corrected chi connectivity index (χ3v) is 5.83. The highest BCUT2D eigenvalue weighted by Gasteiger charge is 2.26. The van der Waals surface area contributed by atoms with Crippen molar-refractivity contribution in [3.05, 3.63) is 45.8 Å². The first kappa shape index (κ1) is 20.3. The molecule has 1 aliphatic carbocycles. The molecule has 0 saturated heterocycles. The fourth-order valence-electron chi connectivity index (χ4n) is 3.18. The fraction of sp³-hybridized carbons (Fsp3) is 0.350. The number of ether oxygens (including phenoxy) is 2. The molecule has 0 aliphatic heterocycles. The predicted octanol–water partition coefficient (Wildman–Crippen LogP) is 4.40. The Morgan fingerprint density at radius 3 is 2.71 bits per heavy atom. The number of rotatable bonds is 5. The lowest BCUT2D eigenvalue weighted by Gasteiger charge is -2.13. The lowest BCUT2D eigenvalue weighted by Crippen LogP contribution is -2.20. The maximum absolute atomic E-state index is 12.3. The van der Waals surface area contributed by atoms with Crippen molar-refractivity contribution in [1.29, 1.82) is 0 Å². The quantitative estimate of drug-likeness (QED) is 0.550. The zero-order valence-corrected chi connectivity index (χ0v) is 17.4. The van der Waals surface area contributed by atoms with Gasteiger partial charge in [-0.05, 0) is 68.6 Å². The molecule has 1 aromatic heterocycles. The summed E-state index contributed by atoms with van der Waals surface area (Å²) in [4.78, 5) is 25.4. The highest BCUT2D eigenvalue weighted by atomic mass is 32.1. The van der Waals surface area contributed by atoms with Crippen molar-refractivity contribution in [3.63, 3.8) is 0 Å². The van der Waals surface area contributed by atoms with E-state index in [2.05, 4.69) is 10.6 Å². The number of anilines is 2. The molecule has 0 bridgehead atoms. The van der Waals surface area contributed by atoms with Crippen LogP contribution in [0.3, 0.4) is 0 Å². The van der Waals surface area contributed by atoms with Crippen LogP contribution >= 0.6 is 23.6 Å². The largest absolute Gasteiger partial charge is 0.465 e. The SMILES string of the molecule is CCOC(=O)c1cccc(NC(=S)Nc2sc3c(c2C(=O)OC)CCCC3)c1. The summed E-state index contributed by atoms with van der Waals surface area (Å²) in [6.45, 7) is 2.08. The van der Waals surface area contributed by atoms with E-state index in [-0.39, 0.29) is 11.9 Å². The van der Waals surface area contributed by atoms with Gasteiger partial charge in [0.25, 0.3) is 0 Å². The minimum atomic E-state index is -0.385. The van der Waals surface area contributed by atoms with Crippen molar-refractivity contribution in [1.82, 2.24) is 0 Å². The molecule has 6 nitrogen and oxygen atoms in total. The van der Waals surface area contributed by atoms with E-state index in [0.717, 1.165) is 31.2 Å². The molecule has 0 amide bonds. The molecule has 0 atom stereocenters. The van der Waals surface area contributed by atoms with Gasteiger partial charge in [-0.25, -0.2) is 9.59 Å². The molecule has 1 aliphatic rings. The highest BCUT2D eigenvalue weighted by molar-refractivity contribution is 7.80. The number of carbonyl (C=O) groups excluding carboxylic acids is 2. The van der Waals surface area contributed by atoms with E-state index in [1.807, 2.05) is 0 Å². The third-order valence-electron chi connectivity index (χ3n) is 4.42. The van der Waals surface area contributed by atoms with E-state index >= 15 is 0 Å². The van der Waals surface area contributed by atoms with Gasteiger partial charge in [-0.15, -0.1) is 11.3 Å². The van der Waals surface area contributed by atoms with Gasteiger partial charge in [-0.1, -0.05) is 6.07 Å². The molecule has 0 unspecified atom stereocenters. The molecule has 3 rings (SSSR count). The zero-order valence-electron chi connectivity index (χ0n) is 15.8. The first-order valence-electron chi connectivity index (χ1n) is 9.11. The van der Waals surface area contributed by atoms with Crippen LogP contribution in [0.4, 0.5) is 10.7 Å². The molecule has 28 heavy (non-hydrogen) atoms. The zero-order chi connectivity index (χ0) is 20.1. The molecule has 1 heterocycles. The van der Waals surface area contributed by atoms with Gasteiger partial charge in [-0.2, -0.15) is 0 Å². The molecular weight excluding hydrogens is 396 g/mol. The Balaban J connectivity index is 1.77. The van der Waals surface area contributed by atoms with Gasteiger partial charge in [0.15, 0.2) is 5.11 Å². The number of carbonyl (C=O) groups is 2. The van der Waals surface area contributed by atoms with E-state index in [1.165, 1.54) is 12.0 Å². The molecule has 0 saturated carbocycles. The number of nitrogens with one attached hydrogen (secondary N) is 2. The lowest BCUT2D eigenvalue weighted by molar-refractivity contribution is 0.0525. The molecule has 0 spiro atoms. The van der Waals surface area contributed by atoms with Crippen LogP contribution < -0.4 is 10.6 Å². The molecule has 2 aromatic rings. The van der Waals surface area contributed by atoms with Crippen LogP contribution in [0.25, 0.3) is 0 Å². The van der Waals surface area contributed by atoms with E-state index in [4.69, 9.17) is 21.7 Å². The van der Waals surface area contributed by atoms with Crippen molar-refractivity contribution in [3.8, 4) is 0 Å². The summed E-state index contributed by atoms with van der Waals surface area (Å²) in [5.41, 5.74) is 2.74. The number of methoxy groups -OCH3 is 1. The summed E-state index contributed by atoms with van der Waals surface area (Å²) in [7, 11) is 1.39. The Hall–Kier alpha value is -2.45. The summed E-state index contributed by atoms with van der Waals surface area (Å²) in [5, 5.41) is 7.22. The number of fused-ring (bicyclic) bond motifs is 1. The van der Waals surface area contributed by atoms with Gasteiger partial charge in [0.05, 0.1) is 24.8 Å². The Kier molecular flexibility index (Phi) is 6.64. The minimum Gasteiger partial charge on any atom is -0.465 e.